The number of rotatable bonds is 6. The van der Waals surface area contributed by atoms with Gasteiger partial charge in [0.25, 0.3) is 0 Å². The third-order valence-corrected chi connectivity index (χ3v) is 4.45. The zero-order valence-corrected chi connectivity index (χ0v) is 14.2. The van der Waals surface area contributed by atoms with Gasteiger partial charge in [0.15, 0.2) is 0 Å². The second-order valence-electron chi connectivity index (χ2n) is 6.40. The van der Waals surface area contributed by atoms with Gasteiger partial charge in [-0.3, -0.25) is 4.79 Å². The van der Waals surface area contributed by atoms with Gasteiger partial charge in [-0.2, -0.15) is 0 Å². The van der Waals surface area contributed by atoms with Gasteiger partial charge in [0, 0.05) is 26.1 Å². The maximum absolute atomic E-state index is 12.3. The molecule has 1 saturated heterocycles. The van der Waals surface area contributed by atoms with Crippen molar-refractivity contribution in [3.8, 4) is 0 Å². The molecule has 0 bridgehead atoms. The van der Waals surface area contributed by atoms with Crippen LogP contribution in [0, 0.1) is 0 Å². The Morgan fingerprint density at radius 1 is 1.17 bits per heavy atom. The van der Waals surface area contributed by atoms with Crippen molar-refractivity contribution in [2.45, 2.75) is 31.8 Å². The fraction of sp³-hybridized carbons (Fsp3) is 0.350. The molecule has 1 fully saturated rings. The quantitative estimate of drug-likeness (QED) is 0.856. The molecule has 0 aliphatic carbocycles. The largest absolute Gasteiger partial charge is 0.369 e. The van der Waals surface area contributed by atoms with E-state index in [1.807, 2.05) is 42.5 Å². The van der Waals surface area contributed by atoms with E-state index in [4.69, 9.17) is 0 Å². The standard InChI is InChI=1S/C20H25N3O/c1-23(15-16-8-3-2-4-9-16)19-12-6-5-11-18(19)22-20(24)14-17-10-7-13-21-17/h2-6,8-9,11-12,17,21H,7,10,13-15H2,1H3,(H,22,24). The third-order valence-electron chi connectivity index (χ3n) is 4.45. The van der Waals surface area contributed by atoms with Crippen molar-refractivity contribution in [2.24, 2.45) is 0 Å². The number of benzene rings is 2. The Morgan fingerprint density at radius 2 is 1.92 bits per heavy atom. The minimum Gasteiger partial charge on any atom is -0.369 e. The van der Waals surface area contributed by atoms with Crippen LogP contribution in [0.25, 0.3) is 0 Å². The van der Waals surface area contributed by atoms with Crippen LogP contribution in [0.3, 0.4) is 0 Å². The molecule has 1 aliphatic heterocycles. The Morgan fingerprint density at radius 3 is 2.67 bits per heavy atom. The van der Waals surface area contributed by atoms with E-state index in [0.29, 0.717) is 12.5 Å². The molecule has 0 aromatic heterocycles. The van der Waals surface area contributed by atoms with E-state index in [0.717, 1.165) is 37.3 Å². The van der Waals surface area contributed by atoms with Gasteiger partial charge in [-0.1, -0.05) is 42.5 Å². The number of hydrogen-bond donors (Lipinski definition) is 2. The second kappa shape index (κ2) is 7.97. The number of hydrogen-bond acceptors (Lipinski definition) is 3. The molecule has 4 heteroatoms. The van der Waals surface area contributed by atoms with Gasteiger partial charge in [-0.15, -0.1) is 0 Å². The molecule has 126 valence electrons. The van der Waals surface area contributed by atoms with Crippen molar-refractivity contribution in [2.75, 3.05) is 23.8 Å². The number of carbonyl (C=O) groups excluding carboxylic acids is 1. The average molecular weight is 323 g/mol. The Labute approximate surface area is 143 Å². The van der Waals surface area contributed by atoms with Crippen molar-refractivity contribution < 1.29 is 4.79 Å². The first-order valence-corrected chi connectivity index (χ1v) is 8.60. The normalized spacial score (nSPS) is 16.8. The molecule has 1 aliphatic rings. The summed E-state index contributed by atoms with van der Waals surface area (Å²) in [6, 6.07) is 18.6. The predicted molar refractivity (Wildman–Crippen MR) is 99.3 cm³/mol. The second-order valence-corrected chi connectivity index (χ2v) is 6.40. The van der Waals surface area contributed by atoms with Gasteiger partial charge >= 0.3 is 0 Å². The molecular formula is C20H25N3O. The van der Waals surface area contributed by atoms with Crippen LogP contribution < -0.4 is 15.5 Å². The highest BCUT2D eigenvalue weighted by atomic mass is 16.1. The Hall–Kier alpha value is -2.33. The maximum Gasteiger partial charge on any atom is 0.225 e. The van der Waals surface area contributed by atoms with Gasteiger partial charge < -0.3 is 15.5 Å². The van der Waals surface area contributed by atoms with Crippen LogP contribution in [0.1, 0.15) is 24.8 Å². The Balaban J connectivity index is 1.66. The monoisotopic (exact) mass is 323 g/mol. The number of anilines is 2. The number of nitrogens with one attached hydrogen (secondary N) is 2. The summed E-state index contributed by atoms with van der Waals surface area (Å²) in [6.45, 7) is 1.83. The number of para-hydroxylation sites is 2. The zero-order chi connectivity index (χ0) is 16.8. The van der Waals surface area contributed by atoms with E-state index < -0.39 is 0 Å². The lowest BCUT2D eigenvalue weighted by atomic mass is 10.1. The third kappa shape index (κ3) is 4.36. The SMILES string of the molecule is CN(Cc1ccccc1)c1ccccc1NC(=O)CC1CCCN1. The Bertz CT molecular complexity index is 666. The molecule has 0 spiro atoms. The lowest BCUT2D eigenvalue weighted by molar-refractivity contribution is -0.116. The first kappa shape index (κ1) is 16.5. The molecule has 0 saturated carbocycles. The fourth-order valence-electron chi connectivity index (χ4n) is 3.21. The van der Waals surface area contributed by atoms with Crippen LogP contribution >= 0.6 is 0 Å². The van der Waals surface area contributed by atoms with Crippen molar-refractivity contribution in [3.05, 3.63) is 60.2 Å². The van der Waals surface area contributed by atoms with Gasteiger partial charge in [0.2, 0.25) is 5.91 Å². The van der Waals surface area contributed by atoms with Gasteiger partial charge in [0.05, 0.1) is 11.4 Å². The molecular weight excluding hydrogens is 298 g/mol. The summed E-state index contributed by atoms with van der Waals surface area (Å²) in [4.78, 5) is 14.5. The summed E-state index contributed by atoms with van der Waals surface area (Å²) >= 11 is 0. The van der Waals surface area contributed by atoms with Crippen LogP contribution in [0.5, 0.6) is 0 Å². The highest BCUT2D eigenvalue weighted by Crippen LogP contribution is 2.26. The minimum atomic E-state index is 0.0787. The van der Waals surface area contributed by atoms with E-state index in [-0.39, 0.29) is 5.91 Å². The van der Waals surface area contributed by atoms with Gasteiger partial charge in [-0.05, 0) is 37.1 Å². The lowest BCUT2D eigenvalue weighted by Gasteiger charge is -2.23. The summed E-state index contributed by atoms with van der Waals surface area (Å²) in [6.07, 6.45) is 2.79. The maximum atomic E-state index is 12.3. The lowest BCUT2D eigenvalue weighted by Crippen LogP contribution is -2.28. The topological polar surface area (TPSA) is 44.4 Å². The van der Waals surface area contributed by atoms with Crippen LogP contribution in [-0.2, 0) is 11.3 Å². The average Bonchev–Trinajstić information content (AvgIpc) is 3.09. The van der Waals surface area contributed by atoms with Crippen LogP contribution in [-0.4, -0.2) is 25.5 Å². The van der Waals surface area contributed by atoms with E-state index in [1.165, 1.54) is 5.56 Å². The first-order chi connectivity index (χ1) is 11.7. The summed E-state index contributed by atoms with van der Waals surface area (Å²) in [7, 11) is 2.05. The highest BCUT2D eigenvalue weighted by molar-refractivity contribution is 5.94. The molecule has 1 unspecified atom stereocenters. The molecule has 24 heavy (non-hydrogen) atoms. The smallest absolute Gasteiger partial charge is 0.225 e. The van der Waals surface area contributed by atoms with Crippen molar-refractivity contribution in [1.82, 2.24) is 5.32 Å². The summed E-state index contributed by atoms with van der Waals surface area (Å²) in [5, 5.41) is 6.46. The van der Waals surface area contributed by atoms with E-state index in [2.05, 4.69) is 34.7 Å². The number of nitrogens with zero attached hydrogens (tertiary/aromatic N) is 1. The zero-order valence-electron chi connectivity index (χ0n) is 14.2. The van der Waals surface area contributed by atoms with Crippen molar-refractivity contribution in [3.63, 3.8) is 0 Å². The number of amides is 1. The van der Waals surface area contributed by atoms with E-state index >= 15 is 0 Å². The molecule has 2 aromatic carbocycles. The first-order valence-electron chi connectivity index (χ1n) is 8.60. The summed E-state index contributed by atoms with van der Waals surface area (Å²) in [5.74, 6) is 0.0787. The van der Waals surface area contributed by atoms with Crippen molar-refractivity contribution in [1.29, 1.82) is 0 Å². The van der Waals surface area contributed by atoms with E-state index in [9.17, 15) is 4.79 Å². The molecule has 1 heterocycles. The van der Waals surface area contributed by atoms with Crippen LogP contribution in [0.4, 0.5) is 11.4 Å². The Kier molecular flexibility index (Phi) is 5.49. The minimum absolute atomic E-state index is 0.0787. The molecule has 4 nitrogen and oxygen atoms in total. The van der Waals surface area contributed by atoms with Crippen molar-refractivity contribution >= 4 is 17.3 Å². The summed E-state index contributed by atoms with van der Waals surface area (Å²) in [5.41, 5.74) is 3.16. The molecule has 1 atom stereocenters. The molecule has 2 aromatic rings. The molecule has 1 amide bonds. The fourth-order valence-corrected chi connectivity index (χ4v) is 3.21. The van der Waals surface area contributed by atoms with Crippen LogP contribution in [0.15, 0.2) is 54.6 Å². The molecule has 2 N–H and O–H groups in total. The highest BCUT2D eigenvalue weighted by Gasteiger charge is 2.18. The molecule has 3 rings (SSSR count). The summed E-state index contributed by atoms with van der Waals surface area (Å²) < 4.78 is 0. The van der Waals surface area contributed by atoms with E-state index in [1.54, 1.807) is 0 Å². The van der Waals surface area contributed by atoms with Gasteiger partial charge in [-0.25, -0.2) is 0 Å². The van der Waals surface area contributed by atoms with Gasteiger partial charge in [0.1, 0.15) is 0 Å². The number of carbonyl (C=O) groups is 1. The van der Waals surface area contributed by atoms with Crippen LogP contribution in [0.2, 0.25) is 0 Å². The molecule has 0 radical (unpaired) electrons. The predicted octanol–water partition coefficient (Wildman–Crippen LogP) is 3.40.